The van der Waals surface area contributed by atoms with Crippen LogP contribution in [0.25, 0.3) is 0 Å². The smallest absolute Gasteiger partial charge is 0.245 e. The summed E-state index contributed by atoms with van der Waals surface area (Å²) >= 11 is 0. The van der Waals surface area contributed by atoms with Gasteiger partial charge in [-0.2, -0.15) is 0 Å². The fourth-order valence-electron chi connectivity index (χ4n) is 6.73. The molecule has 2 unspecified atom stereocenters. The molecule has 1 aromatic carbocycles. The molecule has 1 aromatic rings. The molecule has 3 saturated heterocycles. The van der Waals surface area contributed by atoms with Gasteiger partial charge in [0.05, 0.1) is 24.0 Å². The zero-order valence-corrected chi connectivity index (χ0v) is 23.0. The van der Waals surface area contributed by atoms with Crippen LogP contribution >= 0.6 is 0 Å². The van der Waals surface area contributed by atoms with E-state index < -0.39 is 29.1 Å². The van der Waals surface area contributed by atoms with Crippen molar-refractivity contribution in [2.24, 2.45) is 11.8 Å². The zero-order chi connectivity index (χ0) is 27.3. The summed E-state index contributed by atoms with van der Waals surface area (Å²) < 4.78 is 12.3. The highest BCUT2D eigenvalue weighted by Crippen LogP contribution is 2.64. The Morgan fingerprint density at radius 1 is 1.08 bits per heavy atom. The number of unbranched alkanes of at least 4 members (excludes halogenated alkanes) is 3. The van der Waals surface area contributed by atoms with Crippen molar-refractivity contribution in [3.63, 3.8) is 0 Å². The van der Waals surface area contributed by atoms with Crippen molar-refractivity contribution in [3.05, 3.63) is 24.3 Å². The average Bonchev–Trinajstić information content (AvgIpc) is 3.51. The number of rotatable bonds is 14. The lowest BCUT2D eigenvalue weighted by atomic mass is 9.65. The summed E-state index contributed by atoms with van der Waals surface area (Å²) in [5.74, 6) is -1.30. The molecule has 1 spiro atoms. The molecule has 3 fully saturated rings. The van der Waals surface area contributed by atoms with Gasteiger partial charge in [-0.1, -0.05) is 20.3 Å². The van der Waals surface area contributed by atoms with Crippen LogP contribution in [-0.4, -0.2) is 71.3 Å². The Balaban J connectivity index is 1.62. The van der Waals surface area contributed by atoms with E-state index in [1.165, 1.54) is 0 Å². The first-order valence-electron chi connectivity index (χ1n) is 14.3. The lowest BCUT2D eigenvalue weighted by Gasteiger charge is -2.34. The second-order valence-corrected chi connectivity index (χ2v) is 10.7. The predicted molar refractivity (Wildman–Crippen MR) is 144 cm³/mol. The number of ether oxygens (including phenoxy) is 2. The quantitative estimate of drug-likeness (QED) is 0.319. The molecule has 3 N–H and O–H groups in total. The van der Waals surface area contributed by atoms with Crippen LogP contribution in [0.2, 0.25) is 0 Å². The van der Waals surface area contributed by atoms with Crippen molar-refractivity contribution in [3.8, 4) is 5.75 Å². The molecular weight excluding hydrogens is 486 g/mol. The number of fused-ring (bicyclic) bond motifs is 1. The van der Waals surface area contributed by atoms with Gasteiger partial charge in [-0.15, -0.1) is 0 Å². The van der Waals surface area contributed by atoms with Gasteiger partial charge in [0.15, 0.2) is 0 Å². The van der Waals surface area contributed by atoms with Gasteiger partial charge in [-0.25, -0.2) is 0 Å². The Hall–Kier alpha value is -2.65. The minimum Gasteiger partial charge on any atom is -0.494 e. The highest BCUT2D eigenvalue weighted by Gasteiger charge is 2.78. The maximum atomic E-state index is 14.0. The van der Waals surface area contributed by atoms with Crippen LogP contribution in [0.4, 0.5) is 5.69 Å². The van der Waals surface area contributed by atoms with Crippen molar-refractivity contribution >= 4 is 23.4 Å². The van der Waals surface area contributed by atoms with Crippen LogP contribution < -0.4 is 15.4 Å². The topological polar surface area (TPSA) is 117 Å². The predicted octanol–water partition coefficient (Wildman–Crippen LogP) is 3.26. The summed E-state index contributed by atoms with van der Waals surface area (Å²) in [5.41, 5.74) is -1.16. The minimum atomic E-state index is -1.01. The van der Waals surface area contributed by atoms with Gasteiger partial charge in [0.25, 0.3) is 0 Å². The van der Waals surface area contributed by atoms with E-state index in [9.17, 15) is 19.5 Å². The molecule has 0 saturated carbocycles. The first-order valence-corrected chi connectivity index (χ1v) is 14.3. The van der Waals surface area contributed by atoms with Crippen molar-refractivity contribution in [2.75, 3.05) is 31.6 Å². The monoisotopic (exact) mass is 529 g/mol. The molecule has 0 radical (unpaired) electrons. The Kier molecular flexibility index (Phi) is 8.98. The number of benzene rings is 1. The first kappa shape index (κ1) is 28.4. The van der Waals surface area contributed by atoms with Gasteiger partial charge in [0, 0.05) is 25.4 Å². The molecular formula is C29H43N3O6. The molecule has 3 heterocycles. The number of aliphatic hydroxyl groups is 1. The lowest BCUT2D eigenvalue weighted by molar-refractivity contribution is -0.146. The number of carbonyl (C=O) groups is 3. The number of nitrogens with zero attached hydrogens (tertiary/aromatic N) is 1. The van der Waals surface area contributed by atoms with Gasteiger partial charge in [-0.3, -0.25) is 14.4 Å². The van der Waals surface area contributed by atoms with Gasteiger partial charge < -0.3 is 30.1 Å². The van der Waals surface area contributed by atoms with E-state index in [0.29, 0.717) is 57.5 Å². The Bertz CT molecular complexity index is 1000. The molecule has 38 heavy (non-hydrogen) atoms. The largest absolute Gasteiger partial charge is 0.494 e. The van der Waals surface area contributed by atoms with Gasteiger partial charge in [-0.05, 0) is 76.1 Å². The number of carbonyl (C=O) groups excluding carboxylic acids is 3. The second kappa shape index (κ2) is 12.0. The fourth-order valence-corrected chi connectivity index (χ4v) is 6.73. The SMILES string of the molecule is CCCCNC(=O)C1N(CCCCCO)C(=O)[C@@H]2[C@H](C(=O)Nc3ccc(OCC)cc3)[C@]3(CC)CCC12O3. The number of hydrogen-bond acceptors (Lipinski definition) is 6. The van der Waals surface area contributed by atoms with Crippen LogP contribution in [0.3, 0.4) is 0 Å². The third-order valence-electron chi connectivity index (χ3n) is 8.53. The van der Waals surface area contributed by atoms with E-state index >= 15 is 0 Å². The van der Waals surface area contributed by atoms with Crippen molar-refractivity contribution in [2.45, 2.75) is 89.4 Å². The molecule has 5 atom stereocenters. The van der Waals surface area contributed by atoms with E-state index in [1.54, 1.807) is 29.2 Å². The number of hydrogen-bond donors (Lipinski definition) is 3. The number of aliphatic hydroxyl groups excluding tert-OH is 1. The van der Waals surface area contributed by atoms with E-state index in [2.05, 4.69) is 17.6 Å². The molecule has 9 heteroatoms. The lowest BCUT2D eigenvalue weighted by Crippen LogP contribution is -2.55. The third kappa shape index (κ3) is 5.02. The molecule has 2 bridgehead atoms. The normalized spacial score (nSPS) is 29.4. The van der Waals surface area contributed by atoms with E-state index in [1.807, 2.05) is 13.8 Å². The van der Waals surface area contributed by atoms with Crippen LogP contribution in [0.15, 0.2) is 24.3 Å². The molecule has 9 nitrogen and oxygen atoms in total. The highest BCUT2D eigenvalue weighted by atomic mass is 16.5. The van der Waals surface area contributed by atoms with Crippen LogP contribution in [0.1, 0.15) is 72.1 Å². The standard InChI is InChI=1S/C29H43N3O6/c1-4-7-17-30-26(35)24-29-16-15-28(5-2,38-29)22(23(29)27(36)32(24)18-9-8-10-19-33)25(34)31-20-11-13-21(14-12-20)37-6-3/h11-14,22-24,33H,4-10,15-19H2,1-3H3,(H,30,35)(H,31,34)/t22-,23+,24?,28+,29?/m1/s1. The van der Waals surface area contributed by atoms with Crippen molar-refractivity contribution < 1.29 is 29.0 Å². The van der Waals surface area contributed by atoms with Gasteiger partial charge in [0.1, 0.15) is 17.4 Å². The van der Waals surface area contributed by atoms with Crippen LogP contribution in [0, 0.1) is 11.8 Å². The van der Waals surface area contributed by atoms with Gasteiger partial charge in [0.2, 0.25) is 17.7 Å². The molecule has 3 aliphatic heterocycles. The summed E-state index contributed by atoms with van der Waals surface area (Å²) in [6.07, 6.45) is 5.67. The summed E-state index contributed by atoms with van der Waals surface area (Å²) in [7, 11) is 0. The van der Waals surface area contributed by atoms with Crippen molar-refractivity contribution in [1.82, 2.24) is 10.2 Å². The summed E-state index contributed by atoms with van der Waals surface area (Å²) in [6.45, 7) is 7.56. The molecule has 3 amide bonds. The maximum absolute atomic E-state index is 14.0. The van der Waals surface area contributed by atoms with E-state index in [-0.39, 0.29) is 24.3 Å². The number of anilines is 1. The van der Waals surface area contributed by atoms with E-state index in [4.69, 9.17) is 9.47 Å². The molecule has 4 rings (SSSR count). The average molecular weight is 530 g/mol. The number of likely N-dealkylation sites (tertiary alicyclic amines) is 1. The molecule has 0 aromatic heterocycles. The highest BCUT2D eigenvalue weighted by molar-refractivity contribution is 6.02. The minimum absolute atomic E-state index is 0.0946. The zero-order valence-electron chi connectivity index (χ0n) is 23.0. The molecule has 3 aliphatic rings. The summed E-state index contributed by atoms with van der Waals surface area (Å²) in [6, 6.07) is 6.43. The Morgan fingerprint density at radius 3 is 2.50 bits per heavy atom. The molecule has 210 valence electrons. The summed E-state index contributed by atoms with van der Waals surface area (Å²) in [5, 5.41) is 15.2. The van der Waals surface area contributed by atoms with Crippen LogP contribution in [-0.2, 0) is 19.1 Å². The van der Waals surface area contributed by atoms with Crippen molar-refractivity contribution in [1.29, 1.82) is 0 Å². The van der Waals surface area contributed by atoms with Gasteiger partial charge >= 0.3 is 0 Å². The third-order valence-corrected chi connectivity index (χ3v) is 8.53. The fraction of sp³-hybridized carbons (Fsp3) is 0.690. The Labute approximate surface area is 225 Å². The summed E-state index contributed by atoms with van der Waals surface area (Å²) in [4.78, 5) is 43.1. The Morgan fingerprint density at radius 2 is 1.84 bits per heavy atom. The molecule has 0 aliphatic carbocycles. The number of nitrogens with one attached hydrogen (secondary N) is 2. The maximum Gasteiger partial charge on any atom is 0.245 e. The van der Waals surface area contributed by atoms with E-state index in [0.717, 1.165) is 25.0 Å². The number of amides is 3. The first-order chi connectivity index (χ1) is 18.4. The van der Waals surface area contributed by atoms with Crippen LogP contribution in [0.5, 0.6) is 5.75 Å². The second-order valence-electron chi connectivity index (χ2n) is 10.7.